The minimum atomic E-state index is -2.11. The van der Waals surface area contributed by atoms with Crippen molar-refractivity contribution in [3.63, 3.8) is 0 Å². The van der Waals surface area contributed by atoms with Crippen LogP contribution < -0.4 is 11.1 Å². The molecule has 0 radical (unpaired) electrons. The van der Waals surface area contributed by atoms with E-state index in [1.54, 1.807) is 70.5 Å². The molecular weight excluding hydrogens is 810 g/mol. The molecule has 1 aromatic carbocycles. The molecule has 1 aromatic heterocycles. The number of alkyl halides is 1. The molecule has 4 N–H and O–H groups in total. The molecule has 14 heteroatoms. The predicted molar refractivity (Wildman–Crippen MR) is 230 cm³/mol. The van der Waals surface area contributed by atoms with E-state index in [0.717, 1.165) is 10.8 Å². The van der Waals surface area contributed by atoms with Crippen molar-refractivity contribution in [2.24, 2.45) is 46.2 Å². The van der Waals surface area contributed by atoms with Crippen molar-refractivity contribution in [2.75, 3.05) is 25.1 Å². The van der Waals surface area contributed by atoms with Gasteiger partial charge in [0.2, 0.25) is 11.7 Å². The number of amides is 1. The Morgan fingerprint density at radius 3 is 2.49 bits per heavy atom. The van der Waals surface area contributed by atoms with Crippen LogP contribution >= 0.6 is 0 Å². The third-order valence-electron chi connectivity index (χ3n) is 15.0. The highest BCUT2D eigenvalue weighted by molar-refractivity contribution is 6.01. The lowest BCUT2D eigenvalue weighted by atomic mass is 9.44. The number of carbonyl (C=O) groups excluding carboxylic acids is 5. The first-order valence-corrected chi connectivity index (χ1v) is 21.7. The van der Waals surface area contributed by atoms with E-state index in [1.807, 2.05) is 25.1 Å². The Hall–Kier alpha value is -5.15. The summed E-state index contributed by atoms with van der Waals surface area (Å²) < 4.78 is 41.8. The lowest BCUT2D eigenvalue weighted by Crippen LogP contribution is -2.70. The molecule has 2 unspecified atom stereocenters. The Bertz CT molecular complexity index is 2410. The number of nitrogens with zero attached hydrogens (tertiary/aromatic N) is 1. The van der Waals surface area contributed by atoms with Crippen LogP contribution in [-0.4, -0.2) is 88.5 Å². The molecule has 4 saturated carbocycles. The summed E-state index contributed by atoms with van der Waals surface area (Å²) >= 11 is 0. The maximum absolute atomic E-state index is 17.8. The molecule has 2 heterocycles. The molecule has 1 saturated heterocycles. The number of aliphatic hydroxyl groups excluding tert-OH is 1. The number of esters is 2. The molecule has 63 heavy (non-hydrogen) atoms. The highest BCUT2D eigenvalue weighted by Gasteiger charge is 2.80. The molecule has 2 aromatic rings. The van der Waals surface area contributed by atoms with E-state index in [9.17, 15) is 29.1 Å². The van der Waals surface area contributed by atoms with Gasteiger partial charge in [0.1, 0.15) is 6.61 Å². The summed E-state index contributed by atoms with van der Waals surface area (Å²) in [7, 11) is 0. The van der Waals surface area contributed by atoms with Crippen molar-refractivity contribution in [3.8, 4) is 0 Å². The Balaban J connectivity index is 0.861. The number of hydrogen-bond acceptors (Lipinski definition) is 12. The fraction of sp³-hybridized carbons (Fsp3) is 0.510. The summed E-state index contributed by atoms with van der Waals surface area (Å²) in [6, 6.07) is 7.36. The van der Waals surface area contributed by atoms with E-state index < -0.39 is 94.0 Å². The fourth-order valence-corrected chi connectivity index (χ4v) is 11.5. The first-order chi connectivity index (χ1) is 29.8. The Kier molecular flexibility index (Phi) is 11.4. The van der Waals surface area contributed by atoms with Crippen molar-refractivity contribution in [1.29, 1.82) is 0 Å². The Morgan fingerprint density at radius 1 is 1.05 bits per heavy atom. The van der Waals surface area contributed by atoms with E-state index in [1.165, 1.54) is 12.2 Å². The van der Waals surface area contributed by atoms with Crippen LogP contribution in [0.25, 0.3) is 10.8 Å². The second-order valence-corrected chi connectivity index (χ2v) is 18.9. The maximum atomic E-state index is 17.8. The quantitative estimate of drug-likeness (QED) is 0.158. The number of carbonyl (C=O) groups is 5. The van der Waals surface area contributed by atoms with E-state index in [2.05, 4.69) is 16.9 Å². The predicted octanol–water partition coefficient (Wildman–Crippen LogP) is 5.97. The standard InChI is InChI=1S/C49H56FN3O10/c1-7-28(9-8-27(2)36(23-51)42(57)53-32-12-10-30-24-52-17-15-29(30)18-32)25-60-43(58)34-20-35(34)44(59)61-26-40(56)49-41(62-45(3,4)63-49)21-38-37-13-11-31-19-33(54)14-16-46(31,5)48(37,50)39(55)22-47(38,49)6/h7-10,12,14-19,24,34-39,41,55H,2,11,13,20-23,25-26,51H2,1,3-6H3,(H,53,57)/b9-8-,28-7+/t34?,35?,36-,37+,38+,39+,41-,46+,47+,48+,49-/m1/s1. The molecule has 13 nitrogen and oxygen atoms in total. The van der Waals surface area contributed by atoms with Crippen LogP contribution in [0.1, 0.15) is 66.7 Å². The third kappa shape index (κ3) is 7.32. The number of allylic oxidation sites excluding steroid dienone is 6. The number of halogens is 1. The molecule has 5 fully saturated rings. The van der Waals surface area contributed by atoms with Gasteiger partial charge in [-0.3, -0.25) is 29.0 Å². The number of nitrogens with two attached hydrogens (primary N) is 1. The van der Waals surface area contributed by atoms with Crippen LogP contribution in [0.15, 0.2) is 96.4 Å². The molecule has 0 spiro atoms. The van der Waals surface area contributed by atoms with Gasteiger partial charge >= 0.3 is 11.9 Å². The maximum Gasteiger partial charge on any atom is 0.310 e. The van der Waals surface area contributed by atoms with Crippen LogP contribution in [0.4, 0.5) is 10.1 Å². The Labute approximate surface area is 366 Å². The van der Waals surface area contributed by atoms with Gasteiger partial charge in [0.05, 0.1) is 30.0 Å². The number of hydrogen-bond donors (Lipinski definition) is 3. The number of ether oxygens (including phenoxy) is 4. The largest absolute Gasteiger partial charge is 0.461 e. The normalized spacial score (nSPS) is 35.5. The van der Waals surface area contributed by atoms with Gasteiger partial charge < -0.3 is 35.1 Å². The zero-order valence-corrected chi connectivity index (χ0v) is 36.4. The molecule has 334 valence electrons. The highest BCUT2D eigenvalue weighted by Crippen LogP contribution is 2.72. The number of Topliss-reactive ketones (excluding diaryl/α,β-unsaturated/α-hetero) is 1. The first kappa shape index (κ1) is 44.5. The molecule has 0 bridgehead atoms. The van der Waals surface area contributed by atoms with Crippen molar-refractivity contribution in [1.82, 2.24) is 4.98 Å². The first-order valence-electron chi connectivity index (χ1n) is 21.7. The average Bonchev–Trinajstić information content (AvgIpc) is 3.95. The van der Waals surface area contributed by atoms with Gasteiger partial charge in [-0.1, -0.05) is 49.4 Å². The number of rotatable bonds is 13. The monoisotopic (exact) mass is 865 g/mol. The third-order valence-corrected chi connectivity index (χ3v) is 15.0. The number of aliphatic hydroxyl groups is 1. The zero-order chi connectivity index (χ0) is 45.3. The minimum Gasteiger partial charge on any atom is -0.461 e. The number of ketones is 2. The van der Waals surface area contributed by atoms with E-state index >= 15 is 4.39 Å². The molecule has 1 amide bonds. The topological polar surface area (TPSA) is 193 Å². The number of anilines is 1. The molecule has 8 rings (SSSR count). The SMILES string of the molecule is C=C(/C=C\C(=C/C)COC(=O)C1CC1C(=O)OCC(=O)[C@@]12OC(C)(C)O[C@@H]1C[C@H]1[C@@H]3CCC4=CC(=O)C=C[C@]4(C)[C@@]3(F)[C@@H](O)C[C@@]12C)[C@@H](CN)C(=O)Nc1ccc2cnccc2c1. The van der Waals surface area contributed by atoms with Gasteiger partial charge in [0.25, 0.3) is 0 Å². The molecule has 1 aliphatic heterocycles. The van der Waals surface area contributed by atoms with Gasteiger partial charge in [0.15, 0.2) is 29.4 Å². The number of pyridine rings is 1. The van der Waals surface area contributed by atoms with Crippen molar-refractivity contribution >= 4 is 45.9 Å². The van der Waals surface area contributed by atoms with Gasteiger partial charge in [-0.15, -0.1) is 0 Å². The van der Waals surface area contributed by atoms with Crippen LogP contribution in [0.2, 0.25) is 0 Å². The van der Waals surface area contributed by atoms with Gasteiger partial charge in [-0.25, -0.2) is 4.39 Å². The van der Waals surface area contributed by atoms with Crippen LogP contribution in [0.5, 0.6) is 0 Å². The Morgan fingerprint density at radius 2 is 1.78 bits per heavy atom. The van der Waals surface area contributed by atoms with E-state index in [0.29, 0.717) is 41.7 Å². The van der Waals surface area contributed by atoms with Crippen molar-refractivity contribution in [2.45, 2.75) is 96.0 Å². The fourth-order valence-electron chi connectivity index (χ4n) is 11.5. The summed E-state index contributed by atoms with van der Waals surface area (Å²) in [5.41, 5.74) is 2.27. The van der Waals surface area contributed by atoms with Gasteiger partial charge in [-0.2, -0.15) is 0 Å². The average molecular weight is 866 g/mol. The molecule has 6 aliphatic rings. The van der Waals surface area contributed by atoms with Crippen molar-refractivity contribution in [3.05, 3.63) is 96.4 Å². The summed E-state index contributed by atoms with van der Waals surface area (Å²) in [6.45, 7) is 12.0. The summed E-state index contributed by atoms with van der Waals surface area (Å²) in [6.07, 6.45) is 11.8. The molecule has 5 aliphatic carbocycles. The van der Waals surface area contributed by atoms with Gasteiger partial charge in [0, 0.05) is 46.8 Å². The number of nitrogens with one attached hydrogen (secondary N) is 1. The van der Waals surface area contributed by atoms with Crippen LogP contribution in [0.3, 0.4) is 0 Å². The second kappa shape index (κ2) is 16.1. The molecule has 11 atom stereocenters. The highest BCUT2D eigenvalue weighted by atomic mass is 19.1. The lowest BCUT2D eigenvalue weighted by molar-refractivity contribution is -0.246. The lowest BCUT2D eigenvalue weighted by Gasteiger charge is -2.62. The van der Waals surface area contributed by atoms with E-state index in [-0.39, 0.29) is 37.7 Å². The van der Waals surface area contributed by atoms with Crippen LogP contribution in [0, 0.1) is 40.4 Å². The molecular formula is C49H56FN3O10. The van der Waals surface area contributed by atoms with Gasteiger partial charge in [-0.05, 0) is 113 Å². The second-order valence-electron chi connectivity index (χ2n) is 18.9. The van der Waals surface area contributed by atoms with Crippen molar-refractivity contribution < 1.29 is 52.4 Å². The summed E-state index contributed by atoms with van der Waals surface area (Å²) in [5.74, 6) is -6.98. The smallest absolute Gasteiger partial charge is 0.310 e. The summed E-state index contributed by atoms with van der Waals surface area (Å²) in [5, 5.41) is 16.6. The van der Waals surface area contributed by atoms with Crippen LogP contribution in [-0.2, 0) is 42.9 Å². The zero-order valence-electron chi connectivity index (χ0n) is 36.4. The minimum absolute atomic E-state index is 0.0159. The van der Waals surface area contributed by atoms with E-state index in [4.69, 9.17) is 24.7 Å². The number of fused-ring (bicyclic) bond motifs is 8. The number of benzene rings is 1. The summed E-state index contributed by atoms with van der Waals surface area (Å²) in [4.78, 5) is 70.5. The number of aromatic nitrogens is 1.